The molecule has 0 bridgehead atoms. The highest BCUT2D eigenvalue weighted by molar-refractivity contribution is 5.97. The van der Waals surface area contributed by atoms with Gasteiger partial charge in [0.05, 0.1) is 43.5 Å². The molecule has 0 saturated carbocycles. The summed E-state index contributed by atoms with van der Waals surface area (Å²) < 4.78 is 16.8. The van der Waals surface area contributed by atoms with Crippen LogP contribution in [0.5, 0.6) is 11.5 Å². The first-order valence-corrected chi connectivity index (χ1v) is 12.4. The van der Waals surface area contributed by atoms with Gasteiger partial charge in [0, 0.05) is 11.6 Å². The van der Waals surface area contributed by atoms with Gasteiger partial charge < -0.3 is 36.3 Å². The molecule has 6 N–H and O–H groups in total. The minimum Gasteiger partial charge on any atom is -0.491 e. The Labute approximate surface area is 222 Å². The summed E-state index contributed by atoms with van der Waals surface area (Å²) in [5.74, 6) is -0.557. The summed E-state index contributed by atoms with van der Waals surface area (Å²) in [4.78, 5) is 41.7. The van der Waals surface area contributed by atoms with Gasteiger partial charge in [0.15, 0.2) is 5.96 Å². The van der Waals surface area contributed by atoms with Crippen LogP contribution in [0.2, 0.25) is 0 Å². The van der Waals surface area contributed by atoms with Crippen molar-refractivity contribution in [3.63, 3.8) is 0 Å². The summed E-state index contributed by atoms with van der Waals surface area (Å²) >= 11 is 0. The smallest absolute Gasteiger partial charge is 0.308 e. The van der Waals surface area contributed by atoms with Crippen LogP contribution in [-0.2, 0) is 14.3 Å². The maximum Gasteiger partial charge on any atom is 0.308 e. The quantitative estimate of drug-likeness (QED) is 0.175. The molecule has 0 heterocycles. The zero-order valence-corrected chi connectivity index (χ0v) is 22.4. The van der Waals surface area contributed by atoms with Crippen LogP contribution in [0, 0.1) is 0 Å². The van der Waals surface area contributed by atoms with Crippen molar-refractivity contribution in [1.82, 2.24) is 10.6 Å². The molecular weight excluding hydrogens is 490 g/mol. The van der Waals surface area contributed by atoms with E-state index in [1.165, 1.54) is 6.07 Å². The third kappa shape index (κ3) is 10.4. The number of amides is 2. The topological polar surface area (TPSA) is 167 Å². The van der Waals surface area contributed by atoms with E-state index in [9.17, 15) is 14.4 Å². The molecule has 0 aromatic heterocycles. The van der Waals surface area contributed by atoms with Crippen molar-refractivity contribution in [2.45, 2.75) is 59.3 Å². The minimum absolute atomic E-state index is 0.101. The van der Waals surface area contributed by atoms with E-state index in [2.05, 4.69) is 15.6 Å². The average Bonchev–Trinajstić information content (AvgIpc) is 2.81. The van der Waals surface area contributed by atoms with Gasteiger partial charge in [-0.3, -0.25) is 14.4 Å². The summed E-state index contributed by atoms with van der Waals surface area (Å²) in [6.45, 7) is 9.14. The Morgan fingerprint density at radius 1 is 0.947 bits per heavy atom. The van der Waals surface area contributed by atoms with E-state index >= 15 is 0 Å². The van der Waals surface area contributed by atoms with Crippen molar-refractivity contribution >= 4 is 29.4 Å². The predicted molar refractivity (Wildman–Crippen MR) is 144 cm³/mol. The average molecular weight is 528 g/mol. The van der Waals surface area contributed by atoms with Crippen LogP contribution < -0.4 is 31.6 Å². The Balaban J connectivity index is 2.22. The number of nitrogens with two attached hydrogens (primary N) is 2. The van der Waals surface area contributed by atoms with Gasteiger partial charge in [-0.25, -0.2) is 4.99 Å². The van der Waals surface area contributed by atoms with Crippen LogP contribution in [0.1, 0.15) is 63.0 Å². The molecule has 1 atom stereocenters. The van der Waals surface area contributed by atoms with Crippen LogP contribution in [0.15, 0.2) is 47.5 Å². The first-order valence-electron chi connectivity index (χ1n) is 12.4. The molecular formula is C27H37N5O6. The van der Waals surface area contributed by atoms with Crippen LogP contribution >= 0.6 is 0 Å². The van der Waals surface area contributed by atoms with Gasteiger partial charge in [-0.05, 0) is 70.5 Å². The van der Waals surface area contributed by atoms with Gasteiger partial charge in [-0.1, -0.05) is 6.07 Å². The third-order valence-electron chi connectivity index (χ3n) is 4.84. The second kappa shape index (κ2) is 14.5. The molecule has 1 unspecified atom stereocenters. The van der Waals surface area contributed by atoms with Crippen molar-refractivity contribution < 1.29 is 28.6 Å². The molecule has 0 spiro atoms. The zero-order chi connectivity index (χ0) is 28.2. The minimum atomic E-state index is -0.756. The number of aliphatic imine (C=N–C) groups is 1. The van der Waals surface area contributed by atoms with E-state index in [1.54, 1.807) is 43.3 Å². The van der Waals surface area contributed by atoms with E-state index < -0.39 is 23.8 Å². The largest absolute Gasteiger partial charge is 0.491 e. The van der Waals surface area contributed by atoms with Crippen molar-refractivity contribution in [1.29, 1.82) is 0 Å². The number of hydrogen-bond acceptors (Lipinski definition) is 7. The number of carbonyl (C=O) groups is 3. The molecule has 11 heteroatoms. The van der Waals surface area contributed by atoms with Crippen LogP contribution in [0.3, 0.4) is 0 Å². The van der Waals surface area contributed by atoms with E-state index in [0.717, 1.165) is 0 Å². The Morgan fingerprint density at radius 3 is 2.13 bits per heavy atom. The molecule has 0 radical (unpaired) electrons. The lowest BCUT2D eigenvalue weighted by atomic mass is 10.0. The fourth-order valence-corrected chi connectivity index (χ4v) is 3.49. The highest BCUT2D eigenvalue weighted by Crippen LogP contribution is 2.30. The molecule has 0 saturated heterocycles. The molecule has 11 nitrogen and oxygen atoms in total. The number of ether oxygens (including phenoxy) is 3. The molecule has 0 aliphatic heterocycles. The summed E-state index contributed by atoms with van der Waals surface area (Å²) in [7, 11) is 0. The van der Waals surface area contributed by atoms with Gasteiger partial charge in [-0.15, -0.1) is 0 Å². The first-order chi connectivity index (χ1) is 18.0. The second-order valence-corrected chi connectivity index (χ2v) is 8.97. The van der Waals surface area contributed by atoms with E-state index in [-0.39, 0.29) is 43.3 Å². The monoisotopic (exact) mass is 527 g/mol. The lowest BCUT2D eigenvalue weighted by Gasteiger charge is -2.22. The van der Waals surface area contributed by atoms with Crippen molar-refractivity contribution in [2.75, 3.05) is 13.2 Å². The summed E-state index contributed by atoms with van der Waals surface area (Å²) in [5, 5.41) is 5.37. The number of esters is 1. The fraction of sp³-hybridized carbons (Fsp3) is 0.407. The van der Waals surface area contributed by atoms with Gasteiger partial charge >= 0.3 is 5.97 Å². The molecule has 38 heavy (non-hydrogen) atoms. The molecule has 0 fully saturated rings. The molecule has 2 aromatic rings. The van der Waals surface area contributed by atoms with Crippen LogP contribution in [-0.4, -0.2) is 49.1 Å². The Bertz CT molecular complexity index is 1120. The number of guanidine groups is 1. The number of carbonyl (C=O) groups excluding carboxylic acids is 3. The summed E-state index contributed by atoms with van der Waals surface area (Å²) in [6, 6.07) is 10.8. The number of nitrogens with zero attached hydrogens (tertiary/aromatic N) is 1. The van der Waals surface area contributed by atoms with Gasteiger partial charge in [0.1, 0.15) is 11.5 Å². The predicted octanol–water partition coefficient (Wildman–Crippen LogP) is 2.71. The standard InChI is InChI=1S/C27H37N5O6/c1-6-36-25(34)14-23(19-11-21(37-16(2)3)13-22(12-19)38-17(4)5)32-24(33)15-30-26(35)18-8-7-9-20(10-18)31-27(28)29/h7-13,16-17,23H,6,14-15H2,1-5H3,(H,30,35)(H,32,33)(H4,28,29,31). The van der Waals surface area contributed by atoms with E-state index in [1.807, 2.05) is 27.7 Å². The van der Waals surface area contributed by atoms with Crippen LogP contribution in [0.4, 0.5) is 5.69 Å². The summed E-state index contributed by atoms with van der Waals surface area (Å²) in [5.41, 5.74) is 12.0. The maximum atomic E-state index is 12.8. The second-order valence-electron chi connectivity index (χ2n) is 8.97. The lowest BCUT2D eigenvalue weighted by Crippen LogP contribution is -2.39. The van der Waals surface area contributed by atoms with Gasteiger partial charge in [-0.2, -0.15) is 0 Å². The van der Waals surface area contributed by atoms with Crippen LogP contribution in [0.25, 0.3) is 0 Å². The molecule has 0 aliphatic rings. The maximum absolute atomic E-state index is 12.8. The van der Waals surface area contributed by atoms with Crippen molar-refractivity contribution in [3.05, 3.63) is 53.6 Å². The number of nitrogens with one attached hydrogen (secondary N) is 2. The number of hydrogen-bond donors (Lipinski definition) is 4. The van der Waals surface area contributed by atoms with E-state index in [4.69, 9.17) is 25.7 Å². The van der Waals surface area contributed by atoms with Crippen molar-refractivity contribution in [3.8, 4) is 11.5 Å². The van der Waals surface area contributed by atoms with Gasteiger partial charge in [0.2, 0.25) is 5.91 Å². The Hall–Kier alpha value is -4.28. The highest BCUT2D eigenvalue weighted by atomic mass is 16.5. The molecule has 2 amide bonds. The van der Waals surface area contributed by atoms with Gasteiger partial charge in [0.25, 0.3) is 5.91 Å². The lowest BCUT2D eigenvalue weighted by molar-refractivity contribution is -0.143. The zero-order valence-electron chi connectivity index (χ0n) is 22.4. The SMILES string of the molecule is CCOC(=O)CC(NC(=O)CNC(=O)c1cccc(N=C(N)N)c1)c1cc(OC(C)C)cc(OC(C)C)c1. The summed E-state index contributed by atoms with van der Waals surface area (Å²) in [6.07, 6.45) is -0.327. The number of rotatable bonds is 13. The Morgan fingerprint density at radius 2 is 1.58 bits per heavy atom. The molecule has 0 aliphatic carbocycles. The fourth-order valence-electron chi connectivity index (χ4n) is 3.49. The first kappa shape index (κ1) is 29.9. The Kier molecular flexibility index (Phi) is 11.4. The third-order valence-corrected chi connectivity index (χ3v) is 4.84. The normalized spacial score (nSPS) is 11.4. The van der Waals surface area contributed by atoms with E-state index in [0.29, 0.717) is 22.7 Å². The molecule has 2 aromatic carbocycles. The molecule has 2 rings (SSSR count). The van der Waals surface area contributed by atoms with Crippen molar-refractivity contribution in [2.24, 2.45) is 16.5 Å². The number of benzene rings is 2. The molecule has 206 valence electrons. The highest BCUT2D eigenvalue weighted by Gasteiger charge is 2.22.